The second kappa shape index (κ2) is 4.28. The van der Waals surface area contributed by atoms with E-state index in [-0.39, 0.29) is 24.0 Å². The zero-order chi connectivity index (χ0) is 13.5. The molecule has 1 aromatic carbocycles. The summed E-state index contributed by atoms with van der Waals surface area (Å²) in [5.74, 6) is 0.700. The number of amides is 1. The molecule has 0 fully saturated rings. The second-order valence-corrected chi connectivity index (χ2v) is 5.81. The minimum atomic E-state index is -0.0757. The Morgan fingerprint density at radius 1 is 1.39 bits per heavy atom. The SMILES string of the molecule is CN1C(=O)COc2ccc(C(N)C(C)(C)C)cc21. The lowest BCUT2D eigenvalue weighted by Gasteiger charge is -2.30. The fourth-order valence-electron chi connectivity index (χ4n) is 1.98. The van der Waals surface area contributed by atoms with Crippen molar-refractivity contribution in [3.8, 4) is 5.75 Å². The van der Waals surface area contributed by atoms with Gasteiger partial charge in [0.25, 0.3) is 5.91 Å². The van der Waals surface area contributed by atoms with Crippen molar-refractivity contribution in [2.75, 3.05) is 18.6 Å². The number of likely N-dealkylation sites (N-methyl/N-ethyl adjacent to an activating group) is 1. The minimum absolute atomic E-state index is 0.0215. The topological polar surface area (TPSA) is 55.6 Å². The third kappa shape index (κ3) is 2.20. The summed E-state index contributed by atoms with van der Waals surface area (Å²) in [5, 5.41) is 0. The Morgan fingerprint density at radius 3 is 2.67 bits per heavy atom. The van der Waals surface area contributed by atoms with Crippen LogP contribution in [0.1, 0.15) is 32.4 Å². The quantitative estimate of drug-likeness (QED) is 0.828. The van der Waals surface area contributed by atoms with Gasteiger partial charge in [0.15, 0.2) is 6.61 Å². The van der Waals surface area contributed by atoms with E-state index in [1.807, 2.05) is 18.2 Å². The van der Waals surface area contributed by atoms with Crippen LogP contribution in [0.5, 0.6) is 5.75 Å². The van der Waals surface area contributed by atoms with E-state index in [9.17, 15) is 4.79 Å². The largest absolute Gasteiger partial charge is 0.482 e. The number of carbonyl (C=O) groups excluding carboxylic acids is 1. The summed E-state index contributed by atoms with van der Waals surface area (Å²) < 4.78 is 5.39. The van der Waals surface area contributed by atoms with Crippen LogP contribution >= 0.6 is 0 Å². The van der Waals surface area contributed by atoms with E-state index in [2.05, 4.69) is 20.8 Å². The lowest BCUT2D eigenvalue weighted by molar-refractivity contribution is -0.120. The standard InChI is InChI=1S/C14H20N2O2/c1-14(2,3)13(15)9-5-6-11-10(7-9)16(4)12(17)8-18-11/h5-7,13H,8,15H2,1-4H3. The molecule has 1 aromatic rings. The molecule has 0 aromatic heterocycles. The Morgan fingerprint density at radius 2 is 2.06 bits per heavy atom. The average Bonchev–Trinajstić information content (AvgIpc) is 2.31. The van der Waals surface area contributed by atoms with Gasteiger partial charge in [-0.3, -0.25) is 4.79 Å². The molecule has 0 bridgehead atoms. The smallest absolute Gasteiger partial charge is 0.264 e. The zero-order valence-corrected chi connectivity index (χ0v) is 11.4. The van der Waals surface area contributed by atoms with E-state index in [1.165, 1.54) is 0 Å². The Hall–Kier alpha value is -1.55. The summed E-state index contributed by atoms with van der Waals surface area (Å²) in [6.07, 6.45) is 0. The number of nitrogens with two attached hydrogens (primary N) is 1. The molecule has 1 atom stereocenters. The minimum Gasteiger partial charge on any atom is -0.482 e. The van der Waals surface area contributed by atoms with Gasteiger partial charge in [-0.15, -0.1) is 0 Å². The van der Waals surface area contributed by atoms with E-state index in [1.54, 1.807) is 11.9 Å². The number of carbonyl (C=O) groups is 1. The Labute approximate surface area is 108 Å². The maximum atomic E-state index is 11.6. The van der Waals surface area contributed by atoms with E-state index < -0.39 is 0 Å². The molecule has 1 heterocycles. The van der Waals surface area contributed by atoms with Crippen molar-refractivity contribution >= 4 is 11.6 Å². The fraction of sp³-hybridized carbons (Fsp3) is 0.500. The summed E-state index contributed by atoms with van der Waals surface area (Å²) in [6, 6.07) is 5.73. The highest BCUT2D eigenvalue weighted by Gasteiger charge is 2.26. The van der Waals surface area contributed by atoms with Gasteiger partial charge in [0.05, 0.1) is 5.69 Å². The highest BCUT2D eigenvalue weighted by Crippen LogP contribution is 2.37. The predicted molar refractivity (Wildman–Crippen MR) is 71.7 cm³/mol. The van der Waals surface area contributed by atoms with Crippen LogP contribution < -0.4 is 15.4 Å². The molecule has 1 aliphatic rings. The zero-order valence-electron chi connectivity index (χ0n) is 11.4. The maximum absolute atomic E-state index is 11.6. The number of hydrogen-bond acceptors (Lipinski definition) is 3. The molecule has 4 nitrogen and oxygen atoms in total. The van der Waals surface area contributed by atoms with Crippen molar-refractivity contribution in [2.24, 2.45) is 11.1 Å². The van der Waals surface area contributed by atoms with Crippen molar-refractivity contribution in [1.29, 1.82) is 0 Å². The predicted octanol–water partition coefficient (Wildman–Crippen LogP) is 2.09. The molecule has 1 unspecified atom stereocenters. The lowest BCUT2D eigenvalue weighted by atomic mass is 9.83. The maximum Gasteiger partial charge on any atom is 0.264 e. The van der Waals surface area contributed by atoms with Crippen LogP contribution in [0.4, 0.5) is 5.69 Å². The van der Waals surface area contributed by atoms with E-state index in [0.29, 0.717) is 0 Å². The van der Waals surface area contributed by atoms with Gasteiger partial charge in [-0.2, -0.15) is 0 Å². The molecule has 0 aliphatic carbocycles. The van der Waals surface area contributed by atoms with Gasteiger partial charge in [0.2, 0.25) is 0 Å². The number of fused-ring (bicyclic) bond motifs is 1. The van der Waals surface area contributed by atoms with Gasteiger partial charge >= 0.3 is 0 Å². The Kier molecular flexibility index (Phi) is 3.07. The second-order valence-electron chi connectivity index (χ2n) is 5.81. The summed E-state index contributed by atoms with van der Waals surface area (Å²) in [6.45, 7) is 6.40. The molecule has 4 heteroatoms. The Bertz CT molecular complexity index is 477. The van der Waals surface area contributed by atoms with Gasteiger partial charge in [0, 0.05) is 13.1 Å². The summed E-state index contributed by atoms with van der Waals surface area (Å²) in [7, 11) is 1.76. The molecule has 1 amide bonds. The first kappa shape index (κ1) is 12.9. The van der Waals surface area contributed by atoms with Crippen LogP contribution in [0.15, 0.2) is 18.2 Å². The number of hydrogen-bond donors (Lipinski definition) is 1. The fourth-order valence-corrected chi connectivity index (χ4v) is 1.98. The van der Waals surface area contributed by atoms with Crippen LogP contribution in [0.3, 0.4) is 0 Å². The van der Waals surface area contributed by atoms with Crippen molar-refractivity contribution in [1.82, 2.24) is 0 Å². The number of benzene rings is 1. The molecule has 2 rings (SSSR count). The summed E-state index contributed by atoms with van der Waals surface area (Å²) in [5.41, 5.74) is 8.03. The van der Waals surface area contributed by atoms with Crippen molar-refractivity contribution < 1.29 is 9.53 Å². The third-order valence-corrected chi connectivity index (χ3v) is 3.36. The van der Waals surface area contributed by atoms with E-state index in [4.69, 9.17) is 10.5 Å². The summed E-state index contributed by atoms with van der Waals surface area (Å²) >= 11 is 0. The third-order valence-electron chi connectivity index (χ3n) is 3.36. The number of anilines is 1. The highest BCUT2D eigenvalue weighted by molar-refractivity contribution is 5.97. The first-order chi connectivity index (χ1) is 8.30. The van der Waals surface area contributed by atoms with Gasteiger partial charge in [-0.25, -0.2) is 0 Å². The van der Waals surface area contributed by atoms with Gasteiger partial charge in [-0.1, -0.05) is 26.8 Å². The number of rotatable bonds is 1. The molecule has 0 radical (unpaired) electrons. The molecule has 18 heavy (non-hydrogen) atoms. The first-order valence-corrected chi connectivity index (χ1v) is 6.09. The molecule has 0 saturated carbocycles. The number of nitrogens with zero attached hydrogens (tertiary/aromatic N) is 1. The average molecular weight is 248 g/mol. The molecule has 1 aliphatic heterocycles. The van der Waals surface area contributed by atoms with Crippen LogP contribution in [0, 0.1) is 5.41 Å². The van der Waals surface area contributed by atoms with E-state index in [0.717, 1.165) is 17.0 Å². The molecular weight excluding hydrogens is 228 g/mol. The van der Waals surface area contributed by atoms with E-state index >= 15 is 0 Å². The van der Waals surface area contributed by atoms with Crippen molar-refractivity contribution in [3.05, 3.63) is 23.8 Å². The van der Waals surface area contributed by atoms with Crippen LogP contribution in [-0.4, -0.2) is 19.6 Å². The first-order valence-electron chi connectivity index (χ1n) is 6.09. The highest BCUT2D eigenvalue weighted by atomic mass is 16.5. The normalized spacial score (nSPS) is 17.2. The van der Waals surface area contributed by atoms with Crippen molar-refractivity contribution in [2.45, 2.75) is 26.8 Å². The van der Waals surface area contributed by atoms with Crippen LogP contribution in [-0.2, 0) is 4.79 Å². The molecule has 0 spiro atoms. The van der Waals surface area contributed by atoms with Crippen LogP contribution in [0.2, 0.25) is 0 Å². The Balaban J connectivity index is 2.40. The van der Waals surface area contributed by atoms with Gasteiger partial charge in [0.1, 0.15) is 5.75 Å². The van der Waals surface area contributed by atoms with Crippen molar-refractivity contribution in [3.63, 3.8) is 0 Å². The monoisotopic (exact) mass is 248 g/mol. The molecule has 0 saturated heterocycles. The van der Waals surface area contributed by atoms with Crippen LogP contribution in [0.25, 0.3) is 0 Å². The lowest BCUT2D eigenvalue weighted by Crippen LogP contribution is -2.36. The van der Waals surface area contributed by atoms with Gasteiger partial charge in [-0.05, 0) is 23.1 Å². The van der Waals surface area contributed by atoms with Gasteiger partial charge < -0.3 is 15.4 Å². The molecular formula is C14H20N2O2. The summed E-state index contributed by atoms with van der Waals surface area (Å²) in [4.78, 5) is 13.2. The molecule has 2 N–H and O–H groups in total. The molecule has 98 valence electrons. The number of ether oxygens (including phenoxy) is 1.